The van der Waals surface area contributed by atoms with E-state index in [4.69, 9.17) is 21.4 Å². The zero-order valence-corrected chi connectivity index (χ0v) is 20.3. The number of ether oxygens (including phenoxy) is 1. The van der Waals surface area contributed by atoms with Crippen molar-refractivity contribution in [2.45, 2.75) is 40.0 Å². The van der Waals surface area contributed by atoms with Crippen molar-refractivity contribution in [1.82, 2.24) is 26.4 Å². The highest BCUT2D eigenvalue weighted by atomic mass is 32.1. The van der Waals surface area contributed by atoms with Crippen LogP contribution in [0.25, 0.3) is 0 Å². The molecule has 9 nitrogen and oxygen atoms in total. The molecular weight excluding hydrogens is 426 g/mol. The summed E-state index contributed by atoms with van der Waals surface area (Å²) in [5, 5.41) is 15.4. The molecule has 1 aliphatic rings. The van der Waals surface area contributed by atoms with Crippen LogP contribution in [0.4, 0.5) is 0 Å². The largest absolute Gasteiger partial charge is 0.466 e. The van der Waals surface area contributed by atoms with Gasteiger partial charge in [-0.15, -0.1) is 0 Å². The Bertz CT molecular complexity index is 785. The maximum Gasteiger partial charge on any atom is 0.186 e. The molecule has 1 aliphatic heterocycles. The van der Waals surface area contributed by atoms with E-state index >= 15 is 0 Å². The van der Waals surface area contributed by atoms with E-state index in [-0.39, 0.29) is 0 Å². The lowest BCUT2D eigenvalue weighted by molar-refractivity contribution is 0.0373. The fraction of sp³-hybridized carbons (Fsp3) is 0.591. The molecule has 32 heavy (non-hydrogen) atoms. The Morgan fingerprint density at radius 1 is 1.09 bits per heavy atom. The highest BCUT2D eigenvalue weighted by Crippen LogP contribution is 2.12. The molecule has 4 N–H and O–H groups in total. The van der Waals surface area contributed by atoms with Gasteiger partial charge in [0, 0.05) is 32.6 Å². The molecule has 178 valence electrons. The van der Waals surface area contributed by atoms with Gasteiger partial charge in [0.15, 0.2) is 5.11 Å². The molecule has 2 heterocycles. The molecule has 1 fully saturated rings. The Hall–Kier alpha value is -2.43. The number of nitrogens with one attached hydrogen (secondary N) is 4. The minimum Gasteiger partial charge on any atom is -0.466 e. The summed E-state index contributed by atoms with van der Waals surface area (Å²) < 4.78 is 11.5. The number of hydrazone groups is 2. The molecular formula is C22H37N7O2S. The van der Waals surface area contributed by atoms with Crippen LogP contribution in [0.15, 0.2) is 39.2 Å². The predicted octanol–water partition coefficient (Wildman–Crippen LogP) is 1.97. The van der Waals surface area contributed by atoms with Gasteiger partial charge in [0.2, 0.25) is 0 Å². The number of thiocarbonyl (C=S) groups is 1. The average molecular weight is 464 g/mol. The van der Waals surface area contributed by atoms with Crippen LogP contribution in [0, 0.1) is 0 Å². The van der Waals surface area contributed by atoms with Crippen molar-refractivity contribution in [2.24, 2.45) is 10.2 Å². The van der Waals surface area contributed by atoms with E-state index in [0.29, 0.717) is 23.1 Å². The lowest BCUT2D eigenvalue weighted by Gasteiger charge is -2.26. The SMILES string of the molecule is C=C(NCC)N/N=C(C)/C(Cc1ccc(CCCN2CCOCC2)o1)=N\NC(=S)NCC. The zero-order valence-electron chi connectivity index (χ0n) is 19.5. The summed E-state index contributed by atoms with van der Waals surface area (Å²) in [6.45, 7) is 16.0. The molecule has 0 aliphatic carbocycles. The second kappa shape index (κ2) is 14.6. The van der Waals surface area contributed by atoms with Gasteiger partial charge in [0.1, 0.15) is 17.3 Å². The Morgan fingerprint density at radius 3 is 2.53 bits per heavy atom. The number of furan rings is 1. The summed E-state index contributed by atoms with van der Waals surface area (Å²) in [7, 11) is 0. The molecule has 0 bridgehead atoms. The molecule has 1 aromatic rings. The van der Waals surface area contributed by atoms with Gasteiger partial charge < -0.3 is 19.8 Å². The van der Waals surface area contributed by atoms with Crippen molar-refractivity contribution in [3.05, 3.63) is 36.1 Å². The third-order valence-electron chi connectivity index (χ3n) is 4.86. The molecule has 0 saturated carbocycles. The number of hydrogen-bond acceptors (Lipinski definition) is 8. The van der Waals surface area contributed by atoms with Gasteiger partial charge in [-0.1, -0.05) is 6.58 Å². The molecule has 10 heteroatoms. The quantitative estimate of drug-likeness (QED) is 0.200. The van der Waals surface area contributed by atoms with Crippen molar-refractivity contribution in [3.63, 3.8) is 0 Å². The summed E-state index contributed by atoms with van der Waals surface area (Å²) in [5.74, 6) is 2.45. The van der Waals surface area contributed by atoms with E-state index in [1.54, 1.807) is 0 Å². The van der Waals surface area contributed by atoms with Crippen LogP contribution < -0.4 is 21.5 Å². The molecule has 0 amide bonds. The molecule has 0 aromatic carbocycles. The van der Waals surface area contributed by atoms with Crippen LogP contribution in [0.3, 0.4) is 0 Å². The van der Waals surface area contributed by atoms with Gasteiger partial charge in [-0.05, 0) is 58.1 Å². The first-order chi connectivity index (χ1) is 15.5. The van der Waals surface area contributed by atoms with Crippen LogP contribution in [0.2, 0.25) is 0 Å². The monoisotopic (exact) mass is 463 g/mol. The first kappa shape index (κ1) is 25.8. The van der Waals surface area contributed by atoms with Gasteiger partial charge in [-0.2, -0.15) is 10.2 Å². The lowest BCUT2D eigenvalue weighted by atomic mass is 10.1. The summed E-state index contributed by atoms with van der Waals surface area (Å²) in [5.41, 5.74) is 7.22. The minimum atomic E-state index is 0.464. The fourth-order valence-corrected chi connectivity index (χ4v) is 3.34. The second-order valence-electron chi connectivity index (χ2n) is 7.45. The normalized spacial score (nSPS) is 15.3. The van der Waals surface area contributed by atoms with E-state index in [1.165, 1.54) is 0 Å². The van der Waals surface area contributed by atoms with Gasteiger partial charge in [-0.25, -0.2) is 0 Å². The third-order valence-corrected chi connectivity index (χ3v) is 5.09. The second-order valence-corrected chi connectivity index (χ2v) is 7.86. The number of morpholine rings is 1. The van der Waals surface area contributed by atoms with Crippen molar-refractivity contribution in [2.75, 3.05) is 45.9 Å². The maximum absolute atomic E-state index is 6.07. The van der Waals surface area contributed by atoms with Gasteiger partial charge in [0.05, 0.1) is 31.1 Å². The molecule has 0 atom stereocenters. The van der Waals surface area contributed by atoms with Crippen LogP contribution in [-0.2, 0) is 17.6 Å². The topological polar surface area (TPSA) is 98.5 Å². The van der Waals surface area contributed by atoms with E-state index in [2.05, 4.69) is 43.2 Å². The van der Waals surface area contributed by atoms with Gasteiger partial charge in [-0.3, -0.25) is 15.8 Å². The first-order valence-electron chi connectivity index (χ1n) is 11.2. The number of hydrogen-bond donors (Lipinski definition) is 4. The fourth-order valence-electron chi connectivity index (χ4n) is 3.15. The van der Waals surface area contributed by atoms with Crippen molar-refractivity contribution in [3.8, 4) is 0 Å². The van der Waals surface area contributed by atoms with E-state index < -0.39 is 0 Å². The summed E-state index contributed by atoms with van der Waals surface area (Å²) in [6.07, 6.45) is 2.46. The van der Waals surface area contributed by atoms with Gasteiger partial charge in [0.25, 0.3) is 0 Å². The summed E-state index contributed by atoms with van der Waals surface area (Å²) in [6, 6.07) is 4.04. The predicted molar refractivity (Wildman–Crippen MR) is 134 cm³/mol. The molecule has 0 spiro atoms. The molecule has 1 saturated heterocycles. The Balaban J connectivity index is 1.96. The van der Waals surface area contributed by atoms with Crippen LogP contribution in [-0.4, -0.2) is 67.4 Å². The highest BCUT2D eigenvalue weighted by molar-refractivity contribution is 7.80. The highest BCUT2D eigenvalue weighted by Gasteiger charge is 2.13. The van der Waals surface area contributed by atoms with Crippen molar-refractivity contribution in [1.29, 1.82) is 0 Å². The minimum absolute atomic E-state index is 0.464. The Kier molecular flexibility index (Phi) is 11.8. The smallest absolute Gasteiger partial charge is 0.186 e. The van der Waals surface area contributed by atoms with Gasteiger partial charge >= 0.3 is 0 Å². The average Bonchev–Trinajstić information content (AvgIpc) is 3.23. The molecule has 0 radical (unpaired) electrons. The standard InChI is InChI=1S/C22H37N7O2S/c1-5-23-18(4)26-25-17(3)21(27-28-22(32)24-6-2)16-20-10-9-19(31-20)8-7-11-29-12-14-30-15-13-29/h9-10,23,26H,4-8,11-16H2,1-3H3,(H2,24,28,32)/b25-17+,27-21-. The first-order valence-corrected chi connectivity index (χ1v) is 11.6. The van der Waals surface area contributed by atoms with E-state index in [0.717, 1.165) is 76.0 Å². The third kappa shape index (κ3) is 9.80. The van der Waals surface area contributed by atoms with E-state index in [9.17, 15) is 0 Å². The van der Waals surface area contributed by atoms with Crippen LogP contribution in [0.5, 0.6) is 0 Å². The lowest BCUT2D eigenvalue weighted by Crippen LogP contribution is -2.36. The Labute approximate surface area is 196 Å². The van der Waals surface area contributed by atoms with Crippen LogP contribution in [0.1, 0.15) is 38.7 Å². The molecule has 1 aromatic heterocycles. The Morgan fingerprint density at radius 2 is 1.81 bits per heavy atom. The van der Waals surface area contributed by atoms with Crippen LogP contribution >= 0.6 is 12.2 Å². The number of rotatable bonds is 13. The number of aryl methyl sites for hydroxylation is 1. The summed E-state index contributed by atoms with van der Waals surface area (Å²) in [4.78, 5) is 2.44. The van der Waals surface area contributed by atoms with E-state index in [1.807, 2.05) is 32.9 Å². The van der Waals surface area contributed by atoms with Crippen molar-refractivity contribution >= 4 is 28.8 Å². The van der Waals surface area contributed by atoms with Crippen molar-refractivity contribution < 1.29 is 9.15 Å². The number of nitrogens with zero attached hydrogens (tertiary/aromatic N) is 3. The molecule has 2 rings (SSSR count). The summed E-state index contributed by atoms with van der Waals surface area (Å²) >= 11 is 5.23. The maximum atomic E-state index is 6.07. The molecule has 0 unspecified atom stereocenters. The zero-order chi connectivity index (χ0) is 23.2.